The minimum absolute atomic E-state index is 0.141. The largest absolute Gasteiger partial charge is 0.399 e. The van der Waals surface area contributed by atoms with Crippen molar-refractivity contribution in [1.29, 1.82) is 0 Å². The lowest BCUT2D eigenvalue weighted by Crippen LogP contribution is -2.47. The first-order valence-corrected chi connectivity index (χ1v) is 6.49. The van der Waals surface area contributed by atoms with E-state index in [2.05, 4.69) is 4.90 Å². The van der Waals surface area contributed by atoms with E-state index in [1.807, 2.05) is 14.1 Å². The summed E-state index contributed by atoms with van der Waals surface area (Å²) in [5.74, 6) is -0.609. The highest BCUT2D eigenvalue weighted by molar-refractivity contribution is 5.95. The zero-order valence-electron chi connectivity index (χ0n) is 11.4. The molecule has 1 heterocycles. The van der Waals surface area contributed by atoms with Gasteiger partial charge in [-0.25, -0.2) is 4.39 Å². The van der Waals surface area contributed by atoms with E-state index in [4.69, 9.17) is 5.73 Å². The Morgan fingerprint density at radius 2 is 2.16 bits per heavy atom. The summed E-state index contributed by atoms with van der Waals surface area (Å²) >= 11 is 0. The molecule has 1 aliphatic rings. The molecular formula is C14H20FN3O. The first-order chi connectivity index (χ1) is 8.97. The van der Waals surface area contributed by atoms with Gasteiger partial charge in [0.15, 0.2) is 0 Å². The Morgan fingerprint density at radius 3 is 2.79 bits per heavy atom. The Balaban J connectivity index is 2.14. The fourth-order valence-corrected chi connectivity index (χ4v) is 2.48. The molecule has 0 saturated carbocycles. The number of halogens is 1. The van der Waals surface area contributed by atoms with Crippen LogP contribution in [0.3, 0.4) is 0 Å². The lowest BCUT2D eigenvalue weighted by Gasteiger charge is -2.36. The standard InChI is InChI=1S/C14H20FN3O/c1-17(2)13-4-3-5-18(9-13)14(19)10-6-11(15)8-12(16)7-10/h6-8,13H,3-5,9,16H2,1-2H3. The minimum Gasteiger partial charge on any atom is -0.399 e. The lowest BCUT2D eigenvalue weighted by atomic mass is 10.0. The second-order valence-electron chi connectivity index (χ2n) is 5.28. The van der Waals surface area contributed by atoms with E-state index in [-0.39, 0.29) is 11.6 Å². The van der Waals surface area contributed by atoms with Crippen LogP contribution in [0.1, 0.15) is 23.2 Å². The Labute approximate surface area is 113 Å². The van der Waals surface area contributed by atoms with Crippen molar-refractivity contribution >= 4 is 11.6 Å². The van der Waals surface area contributed by atoms with Gasteiger partial charge in [0.2, 0.25) is 0 Å². The lowest BCUT2D eigenvalue weighted by molar-refractivity contribution is 0.0634. The number of carbonyl (C=O) groups excluding carboxylic acids is 1. The molecule has 2 N–H and O–H groups in total. The number of amides is 1. The smallest absolute Gasteiger partial charge is 0.254 e. The van der Waals surface area contributed by atoms with Crippen molar-refractivity contribution in [2.45, 2.75) is 18.9 Å². The normalized spacial score (nSPS) is 19.8. The maximum Gasteiger partial charge on any atom is 0.254 e. The van der Waals surface area contributed by atoms with Crippen LogP contribution in [-0.2, 0) is 0 Å². The summed E-state index contributed by atoms with van der Waals surface area (Å²) in [5.41, 5.74) is 6.20. The molecule has 0 spiro atoms. The molecule has 0 aliphatic carbocycles. The van der Waals surface area contributed by atoms with Gasteiger partial charge in [-0.15, -0.1) is 0 Å². The summed E-state index contributed by atoms with van der Waals surface area (Å²) in [4.78, 5) is 16.3. The number of piperidine rings is 1. The van der Waals surface area contributed by atoms with Gasteiger partial charge in [-0.1, -0.05) is 0 Å². The van der Waals surface area contributed by atoms with Gasteiger partial charge in [0, 0.05) is 30.4 Å². The van der Waals surface area contributed by atoms with E-state index in [1.54, 1.807) is 4.90 Å². The van der Waals surface area contributed by atoms with Gasteiger partial charge in [0.1, 0.15) is 5.82 Å². The number of nitrogen functional groups attached to an aromatic ring is 1. The van der Waals surface area contributed by atoms with Crippen molar-refractivity contribution in [3.8, 4) is 0 Å². The summed E-state index contributed by atoms with van der Waals surface area (Å²) in [6.07, 6.45) is 2.06. The molecule has 0 radical (unpaired) electrons. The molecule has 1 aliphatic heterocycles. The molecule has 1 aromatic rings. The van der Waals surface area contributed by atoms with Crippen molar-refractivity contribution in [3.05, 3.63) is 29.6 Å². The van der Waals surface area contributed by atoms with Crippen LogP contribution >= 0.6 is 0 Å². The molecule has 0 aromatic heterocycles. The first kappa shape index (κ1) is 13.8. The first-order valence-electron chi connectivity index (χ1n) is 6.49. The van der Waals surface area contributed by atoms with Crippen LogP contribution in [0.25, 0.3) is 0 Å². The average molecular weight is 265 g/mol. The number of anilines is 1. The van der Waals surface area contributed by atoms with Crippen molar-refractivity contribution in [1.82, 2.24) is 9.80 Å². The number of likely N-dealkylation sites (N-methyl/N-ethyl adjacent to an activating group) is 1. The molecule has 1 aromatic carbocycles. The van der Waals surface area contributed by atoms with Crippen molar-refractivity contribution in [2.24, 2.45) is 0 Å². The highest BCUT2D eigenvalue weighted by Gasteiger charge is 2.25. The number of benzene rings is 1. The Bertz CT molecular complexity index is 456. The quantitative estimate of drug-likeness (QED) is 0.826. The average Bonchev–Trinajstić information content (AvgIpc) is 2.37. The van der Waals surface area contributed by atoms with Crippen LogP contribution in [0.4, 0.5) is 10.1 Å². The van der Waals surface area contributed by atoms with E-state index in [1.165, 1.54) is 18.2 Å². The molecule has 2 rings (SSSR count). The molecule has 5 heteroatoms. The second kappa shape index (κ2) is 5.57. The van der Waals surface area contributed by atoms with E-state index < -0.39 is 5.82 Å². The summed E-state index contributed by atoms with van der Waals surface area (Å²) in [7, 11) is 4.03. The van der Waals surface area contributed by atoms with Gasteiger partial charge < -0.3 is 15.5 Å². The predicted molar refractivity (Wildman–Crippen MR) is 73.4 cm³/mol. The zero-order chi connectivity index (χ0) is 14.0. The molecule has 1 saturated heterocycles. The molecule has 104 valence electrons. The molecule has 1 fully saturated rings. The van der Waals surface area contributed by atoms with E-state index in [0.717, 1.165) is 19.4 Å². The topological polar surface area (TPSA) is 49.6 Å². The number of hydrogen-bond donors (Lipinski definition) is 1. The van der Waals surface area contributed by atoms with Crippen LogP contribution in [0.15, 0.2) is 18.2 Å². The Hall–Kier alpha value is -1.62. The monoisotopic (exact) mass is 265 g/mol. The molecule has 1 atom stereocenters. The molecule has 4 nitrogen and oxygen atoms in total. The van der Waals surface area contributed by atoms with E-state index in [0.29, 0.717) is 18.2 Å². The van der Waals surface area contributed by atoms with Gasteiger partial charge in [-0.2, -0.15) is 0 Å². The number of likely N-dealkylation sites (tertiary alicyclic amines) is 1. The van der Waals surface area contributed by atoms with Crippen LogP contribution in [-0.4, -0.2) is 48.9 Å². The van der Waals surface area contributed by atoms with Crippen LogP contribution in [0.5, 0.6) is 0 Å². The molecule has 1 unspecified atom stereocenters. The molecule has 19 heavy (non-hydrogen) atoms. The van der Waals surface area contributed by atoms with Gasteiger partial charge in [-0.3, -0.25) is 4.79 Å². The van der Waals surface area contributed by atoms with Crippen LogP contribution in [0, 0.1) is 5.82 Å². The zero-order valence-corrected chi connectivity index (χ0v) is 11.4. The SMILES string of the molecule is CN(C)C1CCCN(C(=O)c2cc(N)cc(F)c2)C1. The summed E-state index contributed by atoms with van der Waals surface area (Å²) < 4.78 is 13.3. The van der Waals surface area contributed by atoms with Gasteiger partial charge in [-0.05, 0) is 45.1 Å². The second-order valence-corrected chi connectivity index (χ2v) is 5.28. The number of rotatable bonds is 2. The number of carbonyl (C=O) groups is 1. The highest BCUT2D eigenvalue weighted by Crippen LogP contribution is 2.18. The number of hydrogen-bond acceptors (Lipinski definition) is 3. The summed E-state index contributed by atoms with van der Waals surface area (Å²) in [6.45, 7) is 1.40. The predicted octanol–water partition coefficient (Wildman–Crippen LogP) is 1.57. The van der Waals surface area contributed by atoms with Crippen molar-refractivity contribution < 1.29 is 9.18 Å². The van der Waals surface area contributed by atoms with Crippen LogP contribution in [0.2, 0.25) is 0 Å². The van der Waals surface area contributed by atoms with Gasteiger partial charge in [0.05, 0.1) is 0 Å². The summed E-state index contributed by atoms with van der Waals surface area (Å²) in [6, 6.07) is 4.36. The van der Waals surface area contributed by atoms with Gasteiger partial charge >= 0.3 is 0 Å². The van der Waals surface area contributed by atoms with Crippen molar-refractivity contribution in [3.63, 3.8) is 0 Å². The highest BCUT2D eigenvalue weighted by atomic mass is 19.1. The van der Waals surface area contributed by atoms with Crippen molar-refractivity contribution in [2.75, 3.05) is 32.9 Å². The molecule has 1 amide bonds. The Morgan fingerprint density at radius 1 is 1.42 bits per heavy atom. The molecule has 0 bridgehead atoms. The fraction of sp³-hybridized carbons (Fsp3) is 0.500. The minimum atomic E-state index is -0.468. The third-order valence-electron chi connectivity index (χ3n) is 3.58. The summed E-state index contributed by atoms with van der Waals surface area (Å²) in [5, 5.41) is 0. The fourth-order valence-electron chi connectivity index (χ4n) is 2.48. The maximum atomic E-state index is 13.3. The third kappa shape index (κ3) is 3.23. The van der Waals surface area contributed by atoms with Gasteiger partial charge in [0.25, 0.3) is 5.91 Å². The van der Waals surface area contributed by atoms with Crippen LogP contribution < -0.4 is 5.73 Å². The number of nitrogens with zero attached hydrogens (tertiary/aromatic N) is 2. The maximum absolute atomic E-state index is 13.3. The molecular weight excluding hydrogens is 245 g/mol. The third-order valence-corrected chi connectivity index (χ3v) is 3.58. The van der Waals surface area contributed by atoms with E-state index >= 15 is 0 Å². The number of nitrogens with two attached hydrogens (primary N) is 1. The Kier molecular flexibility index (Phi) is 4.04. The van der Waals surface area contributed by atoms with E-state index in [9.17, 15) is 9.18 Å².